The van der Waals surface area contributed by atoms with E-state index in [1.807, 2.05) is 44.2 Å². The van der Waals surface area contributed by atoms with Crippen molar-refractivity contribution in [3.63, 3.8) is 0 Å². The van der Waals surface area contributed by atoms with E-state index in [1.54, 1.807) is 35.0 Å². The molecule has 2 aromatic rings. The van der Waals surface area contributed by atoms with Gasteiger partial charge in [-0.2, -0.15) is 0 Å². The molecule has 3 atom stereocenters. The highest BCUT2D eigenvalue weighted by atomic mass is 16.5. The molecule has 0 aromatic heterocycles. The number of urea groups is 1. The fraction of sp³-hybridized carbons (Fsp3) is 0.464. The Kier molecular flexibility index (Phi) is 8.33. The van der Waals surface area contributed by atoms with Crippen molar-refractivity contribution in [2.75, 3.05) is 37.4 Å². The number of carbonyl (C=O) groups is 3. The molecule has 1 heterocycles. The number of fused-ring (bicyclic) bond motifs is 1. The normalized spacial score (nSPS) is 20.4. The summed E-state index contributed by atoms with van der Waals surface area (Å²) >= 11 is 0. The van der Waals surface area contributed by atoms with Gasteiger partial charge >= 0.3 is 6.03 Å². The van der Waals surface area contributed by atoms with Crippen molar-refractivity contribution >= 4 is 29.2 Å². The smallest absolute Gasteiger partial charge is 0.321 e. The fourth-order valence-corrected chi connectivity index (χ4v) is 4.41. The zero-order chi connectivity index (χ0) is 26.5. The Balaban J connectivity index is 1.57. The van der Waals surface area contributed by atoms with Crippen molar-refractivity contribution in [2.45, 2.75) is 45.3 Å². The monoisotopic (exact) mass is 508 g/mol. The number of aliphatic hydroxyl groups excluding tert-OH is 1. The summed E-state index contributed by atoms with van der Waals surface area (Å²) in [4.78, 5) is 41.7. The van der Waals surface area contributed by atoms with Crippen molar-refractivity contribution in [2.24, 2.45) is 11.8 Å². The molecule has 3 N–H and O–H groups in total. The van der Waals surface area contributed by atoms with Gasteiger partial charge in [-0.05, 0) is 50.1 Å². The zero-order valence-corrected chi connectivity index (χ0v) is 21.6. The number of hydrogen-bond donors (Lipinski definition) is 3. The second-order valence-corrected chi connectivity index (χ2v) is 10.2. The van der Waals surface area contributed by atoms with Crippen LogP contribution >= 0.6 is 0 Å². The van der Waals surface area contributed by atoms with E-state index >= 15 is 0 Å². The number of rotatable bonds is 7. The van der Waals surface area contributed by atoms with Crippen molar-refractivity contribution in [1.82, 2.24) is 9.80 Å². The quantitative estimate of drug-likeness (QED) is 0.531. The van der Waals surface area contributed by atoms with Gasteiger partial charge in [0.05, 0.1) is 25.6 Å². The summed E-state index contributed by atoms with van der Waals surface area (Å²) in [7, 11) is 1.71. The second-order valence-electron chi connectivity index (χ2n) is 10.2. The lowest BCUT2D eigenvalue weighted by Gasteiger charge is -2.34. The average Bonchev–Trinajstić information content (AvgIpc) is 3.73. The van der Waals surface area contributed by atoms with Crippen LogP contribution in [0, 0.1) is 11.8 Å². The number of nitrogens with one attached hydrogen (secondary N) is 2. The minimum atomic E-state index is -0.420. The SMILES string of the molecule is C[C@H](CO)N1C[C@H](C)[C@@H](CN(C)C(=O)Nc2ccccc2)Oc2ccc(NC(=O)C3CC3)cc2CC1=O. The standard InChI is InChI=1S/C28H36N4O5/c1-18-15-32(19(2)17-33)26(34)14-21-13-23(29-27(35)20-9-10-20)11-12-24(21)37-25(18)16-31(3)28(36)30-22-7-5-4-6-8-22/h4-8,11-13,18-20,25,33H,9-10,14-17H2,1-3H3,(H,29,35)(H,30,36)/t18-,19+,25+/m0/s1. The van der Waals surface area contributed by atoms with Crippen LogP contribution in [0.15, 0.2) is 48.5 Å². The highest BCUT2D eigenvalue weighted by Gasteiger charge is 2.33. The van der Waals surface area contributed by atoms with Crippen LogP contribution in [0.5, 0.6) is 5.75 Å². The molecule has 0 unspecified atom stereocenters. The summed E-state index contributed by atoms with van der Waals surface area (Å²) in [5, 5.41) is 15.6. The maximum absolute atomic E-state index is 13.3. The number of benzene rings is 2. The maximum atomic E-state index is 13.3. The zero-order valence-electron chi connectivity index (χ0n) is 21.6. The molecule has 1 fully saturated rings. The molecule has 9 heteroatoms. The Labute approximate surface area is 217 Å². The number of nitrogens with zero attached hydrogens (tertiary/aromatic N) is 2. The molecular formula is C28H36N4O5. The molecule has 1 saturated carbocycles. The third kappa shape index (κ3) is 6.80. The number of likely N-dealkylation sites (N-methyl/N-ethyl adjacent to an activating group) is 1. The minimum absolute atomic E-state index is 0.0108. The molecule has 2 aliphatic rings. The lowest BCUT2D eigenvalue weighted by atomic mass is 10.0. The molecule has 4 amide bonds. The Morgan fingerprint density at radius 2 is 1.86 bits per heavy atom. The summed E-state index contributed by atoms with van der Waals surface area (Å²) in [6.07, 6.45) is 1.46. The summed E-state index contributed by atoms with van der Waals surface area (Å²) in [6, 6.07) is 13.9. The molecule has 0 saturated heterocycles. The van der Waals surface area contributed by atoms with E-state index in [-0.39, 0.29) is 55.3 Å². The van der Waals surface area contributed by atoms with Crippen LogP contribution in [0.25, 0.3) is 0 Å². The van der Waals surface area contributed by atoms with Gasteiger partial charge in [-0.3, -0.25) is 9.59 Å². The van der Waals surface area contributed by atoms with Gasteiger partial charge in [-0.25, -0.2) is 4.79 Å². The topological polar surface area (TPSA) is 111 Å². The first-order chi connectivity index (χ1) is 17.7. The molecule has 0 spiro atoms. The van der Waals surface area contributed by atoms with Gasteiger partial charge in [0.2, 0.25) is 11.8 Å². The first kappa shape index (κ1) is 26.5. The van der Waals surface area contributed by atoms with E-state index in [9.17, 15) is 19.5 Å². The number of amides is 4. The van der Waals surface area contributed by atoms with Crippen LogP contribution in [-0.4, -0.2) is 71.6 Å². The van der Waals surface area contributed by atoms with Gasteiger partial charge < -0.3 is 30.3 Å². The summed E-state index contributed by atoms with van der Waals surface area (Å²) in [5.74, 6) is 0.338. The van der Waals surface area contributed by atoms with Crippen LogP contribution < -0.4 is 15.4 Å². The highest BCUT2D eigenvalue weighted by Crippen LogP contribution is 2.32. The van der Waals surface area contributed by atoms with E-state index in [0.29, 0.717) is 29.2 Å². The summed E-state index contributed by atoms with van der Waals surface area (Å²) in [6.45, 7) is 4.29. The molecule has 37 heavy (non-hydrogen) atoms. The number of hydrogen-bond acceptors (Lipinski definition) is 5. The number of aliphatic hydroxyl groups is 1. The molecule has 9 nitrogen and oxygen atoms in total. The lowest BCUT2D eigenvalue weighted by molar-refractivity contribution is -0.134. The van der Waals surface area contributed by atoms with Crippen LogP contribution in [0.1, 0.15) is 32.3 Å². The van der Waals surface area contributed by atoms with Crippen molar-refractivity contribution in [3.05, 3.63) is 54.1 Å². The lowest BCUT2D eigenvalue weighted by Crippen LogP contribution is -2.48. The van der Waals surface area contributed by atoms with Crippen molar-refractivity contribution in [3.8, 4) is 5.75 Å². The second kappa shape index (κ2) is 11.6. The molecule has 1 aliphatic carbocycles. The highest BCUT2D eigenvalue weighted by molar-refractivity contribution is 5.94. The van der Waals surface area contributed by atoms with E-state index in [4.69, 9.17) is 4.74 Å². The Hall–Kier alpha value is -3.59. The number of carbonyl (C=O) groups excluding carboxylic acids is 3. The van der Waals surface area contributed by atoms with Crippen LogP contribution in [0.4, 0.5) is 16.2 Å². The van der Waals surface area contributed by atoms with Crippen molar-refractivity contribution < 1.29 is 24.2 Å². The van der Waals surface area contributed by atoms with E-state index in [1.165, 1.54) is 0 Å². The largest absolute Gasteiger partial charge is 0.488 e. The van der Waals surface area contributed by atoms with Gasteiger partial charge in [-0.1, -0.05) is 25.1 Å². The van der Waals surface area contributed by atoms with Crippen molar-refractivity contribution in [1.29, 1.82) is 0 Å². The third-order valence-corrected chi connectivity index (χ3v) is 6.96. The Bertz CT molecular complexity index is 1120. The van der Waals surface area contributed by atoms with Crippen LogP contribution in [0.2, 0.25) is 0 Å². The van der Waals surface area contributed by atoms with Crippen LogP contribution in [-0.2, 0) is 16.0 Å². The first-order valence-corrected chi connectivity index (χ1v) is 12.8. The molecule has 0 radical (unpaired) electrons. The molecule has 0 bridgehead atoms. The molecule has 4 rings (SSSR count). The Morgan fingerprint density at radius 3 is 2.54 bits per heavy atom. The van der Waals surface area contributed by atoms with Crippen LogP contribution in [0.3, 0.4) is 0 Å². The predicted octanol–water partition coefficient (Wildman–Crippen LogP) is 3.35. The van der Waals surface area contributed by atoms with E-state index in [0.717, 1.165) is 12.8 Å². The van der Waals surface area contributed by atoms with Gasteiger partial charge in [0.25, 0.3) is 0 Å². The maximum Gasteiger partial charge on any atom is 0.321 e. The number of ether oxygens (including phenoxy) is 1. The minimum Gasteiger partial charge on any atom is -0.488 e. The summed E-state index contributed by atoms with van der Waals surface area (Å²) in [5.41, 5.74) is 1.98. The molecule has 2 aromatic carbocycles. The van der Waals surface area contributed by atoms with Gasteiger partial charge in [-0.15, -0.1) is 0 Å². The average molecular weight is 509 g/mol. The number of para-hydroxylation sites is 1. The third-order valence-electron chi connectivity index (χ3n) is 6.96. The first-order valence-electron chi connectivity index (χ1n) is 12.8. The molecular weight excluding hydrogens is 472 g/mol. The molecule has 198 valence electrons. The van der Waals surface area contributed by atoms with E-state index < -0.39 is 6.10 Å². The van der Waals surface area contributed by atoms with Gasteiger partial charge in [0.15, 0.2) is 0 Å². The number of anilines is 2. The molecule has 1 aliphatic heterocycles. The van der Waals surface area contributed by atoms with Gasteiger partial charge in [0, 0.05) is 42.4 Å². The fourth-order valence-electron chi connectivity index (χ4n) is 4.41. The van der Waals surface area contributed by atoms with E-state index in [2.05, 4.69) is 10.6 Å². The Morgan fingerprint density at radius 1 is 1.14 bits per heavy atom. The van der Waals surface area contributed by atoms with Gasteiger partial charge in [0.1, 0.15) is 11.9 Å². The summed E-state index contributed by atoms with van der Waals surface area (Å²) < 4.78 is 6.45. The predicted molar refractivity (Wildman–Crippen MR) is 141 cm³/mol.